The van der Waals surface area contributed by atoms with Gasteiger partial charge >= 0.3 is 0 Å². The molecule has 0 amide bonds. The highest BCUT2D eigenvalue weighted by Crippen LogP contribution is 2.31. The smallest absolute Gasteiger partial charge is 0.0741 e. The summed E-state index contributed by atoms with van der Waals surface area (Å²) in [5.74, 6) is 0. The van der Waals surface area contributed by atoms with Gasteiger partial charge in [0.1, 0.15) is 0 Å². The quantitative estimate of drug-likeness (QED) is 0.821. The molecule has 1 aliphatic rings. The normalized spacial score (nSPS) is 24.9. The van der Waals surface area contributed by atoms with Crippen molar-refractivity contribution in [3.05, 3.63) is 29.8 Å². The van der Waals surface area contributed by atoms with Crippen LogP contribution in [-0.2, 0) is 5.41 Å². The highest BCUT2D eigenvalue weighted by molar-refractivity contribution is 5.55. The molecule has 17 heavy (non-hydrogen) atoms. The Labute approximate surface area is 104 Å². The van der Waals surface area contributed by atoms with Crippen molar-refractivity contribution in [2.75, 3.05) is 5.32 Å². The van der Waals surface area contributed by atoms with E-state index in [9.17, 15) is 5.11 Å². The van der Waals surface area contributed by atoms with E-state index >= 15 is 0 Å². The van der Waals surface area contributed by atoms with Crippen LogP contribution in [0.2, 0.25) is 0 Å². The van der Waals surface area contributed by atoms with Crippen LogP contribution in [0.3, 0.4) is 0 Å². The van der Waals surface area contributed by atoms with Gasteiger partial charge in [-0.3, -0.25) is 0 Å². The first kappa shape index (κ1) is 12.4. The Morgan fingerprint density at radius 1 is 1.18 bits per heavy atom. The number of aliphatic hydroxyl groups excluding tert-OH is 1. The number of anilines is 1. The van der Waals surface area contributed by atoms with Gasteiger partial charge in [-0.15, -0.1) is 0 Å². The molecule has 0 heterocycles. The van der Waals surface area contributed by atoms with Crippen molar-refractivity contribution in [1.29, 1.82) is 0 Å². The Morgan fingerprint density at radius 2 is 1.88 bits per heavy atom. The molecule has 94 valence electrons. The second kappa shape index (κ2) is 4.69. The van der Waals surface area contributed by atoms with Crippen molar-refractivity contribution in [2.45, 2.75) is 57.6 Å². The minimum Gasteiger partial charge on any atom is -0.391 e. The minimum absolute atomic E-state index is 0.132. The summed E-state index contributed by atoms with van der Waals surface area (Å²) in [4.78, 5) is 0. The Bertz CT molecular complexity index is 381. The van der Waals surface area contributed by atoms with Crippen molar-refractivity contribution in [3.8, 4) is 0 Å². The molecule has 2 nitrogen and oxygen atoms in total. The average Bonchev–Trinajstić information content (AvgIpc) is 2.64. The van der Waals surface area contributed by atoms with Gasteiger partial charge in [0.15, 0.2) is 0 Å². The third-order valence-corrected chi connectivity index (χ3v) is 3.56. The Balaban J connectivity index is 2.21. The van der Waals surface area contributed by atoms with Crippen LogP contribution in [0.4, 0.5) is 5.69 Å². The molecule has 2 rings (SSSR count). The third-order valence-electron chi connectivity index (χ3n) is 3.56. The van der Waals surface area contributed by atoms with E-state index in [0.717, 1.165) is 19.3 Å². The molecule has 1 saturated carbocycles. The number of nitrogens with one attached hydrogen (secondary N) is 1. The molecule has 1 aliphatic carbocycles. The van der Waals surface area contributed by atoms with E-state index in [1.807, 2.05) is 0 Å². The van der Waals surface area contributed by atoms with Crippen LogP contribution in [0, 0.1) is 0 Å². The van der Waals surface area contributed by atoms with Gasteiger partial charge in [-0.2, -0.15) is 0 Å². The number of para-hydroxylation sites is 1. The van der Waals surface area contributed by atoms with Crippen LogP contribution >= 0.6 is 0 Å². The zero-order chi connectivity index (χ0) is 12.5. The number of hydrogen-bond donors (Lipinski definition) is 2. The minimum atomic E-state index is -0.192. The number of rotatable bonds is 2. The fourth-order valence-corrected chi connectivity index (χ4v) is 2.57. The largest absolute Gasteiger partial charge is 0.391 e. The molecule has 0 aliphatic heterocycles. The second-order valence-corrected chi connectivity index (χ2v) is 6.04. The van der Waals surface area contributed by atoms with Crippen LogP contribution in [0.25, 0.3) is 0 Å². The molecule has 0 saturated heterocycles. The van der Waals surface area contributed by atoms with E-state index in [0.29, 0.717) is 0 Å². The van der Waals surface area contributed by atoms with Gasteiger partial charge in [-0.1, -0.05) is 39.0 Å². The number of hydrogen-bond acceptors (Lipinski definition) is 2. The molecule has 1 aromatic rings. The van der Waals surface area contributed by atoms with E-state index in [4.69, 9.17) is 0 Å². The number of aliphatic hydroxyl groups is 1. The summed E-state index contributed by atoms with van der Waals surface area (Å²) in [7, 11) is 0. The van der Waals surface area contributed by atoms with Crippen LogP contribution in [0.5, 0.6) is 0 Å². The van der Waals surface area contributed by atoms with Crippen molar-refractivity contribution in [2.24, 2.45) is 0 Å². The molecular weight excluding hydrogens is 210 g/mol. The fraction of sp³-hybridized carbons (Fsp3) is 0.600. The summed E-state index contributed by atoms with van der Waals surface area (Å²) in [6.45, 7) is 6.66. The molecule has 1 aromatic carbocycles. The molecular formula is C15H23NO. The van der Waals surface area contributed by atoms with E-state index in [1.165, 1.54) is 11.3 Å². The molecule has 1 fully saturated rings. The van der Waals surface area contributed by atoms with Gasteiger partial charge in [0, 0.05) is 5.69 Å². The lowest BCUT2D eigenvalue weighted by atomic mass is 9.85. The maximum Gasteiger partial charge on any atom is 0.0741 e. The lowest BCUT2D eigenvalue weighted by molar-refractivity contribution is 0.172. The van der Waals surface area contributed by atoms with Crippen LogP contribution in [0.1, 0.15) is 45.6 Å². The van der Waals surface area contributed by atoms with Crippen LogP contribution < -0.4 is 5.32 Å². The lowest BCUT2D eigenvalue weighted by Crippen LogP contribution is -2.29. The molecule has 2 heteroatoms. The highest BCUT2D eigenvalue weighted by atomic mass is 16.3. The van der Waals surface area contributed by atoms with Gasteiger partial charge in [-0.25, -0.2) is 0 Å². The zero-order valence-electron chi connectivity index (χ0n) is 11.0. The summed E-state index contributed by atoms with van der Waals surface area (Å²) < 4.78 is 0. The first-order chi connectivity index (χ1) is 7.98. The molecule has 0 aromatic heterocycles. The SMILES string of the molecule is CC(C)(C)c1ccccc1N[C@@H]1CCC[C@H]1O. The third kappa shape index (κ3) is 2.81. The highest BCUT2D eigenvalue weighted by Gasteiger charge is 2.26. The van der Waals surface area contributed by atoms with E-state index < -0.39 is 0 Å². The van der Waals surface area contributed by atoms with E-state index in [-0.39, 0.29) is 17.6 Å². The first-order valence-corrected chi connectivity index (χ1v) is 6.52. The second-order valence-electron chi connectivity index (χ2n) is 6.04. The van der Waals surface area contributed by atoms with Gasteiger partial charge in [0.05, 0.1) is 12.1 Å². The van der Waals surface area contributed by atoms with Crippen LogP contribution in [-0.4, -0.2) is 17.3 Å². The topological polar surface area (TPSA) is 32.3 Å². The molecule has 0 bridgehead atoms. The van der Waals surface area contributed by atoms with Crippen molar-refractivity contribution in [1.82, 2.24) is 0 Å². The summed E-state index contributed by atoms with van der Waals surface area (Å²) >= 11 is 0. The van der Waals surface area contributed by atoms with Gasteiger partial charge in [0.2, 0.25) is 0 Å². The molecule has 0 radical (unpaired) electrons. The van der Waals surface area contributed by atoms with E-state index in [2.05, 4.69) is 50.4 Å². The Kier molecular flexibility index (Phi) is 3.43. The maximum absolute atomic E-state index is 9.88. The van der Waals surface area contributed by atoms with Gasteiger partial charge in [0.25, 0.3) is 0 Å². The Hall–Kier alpha value is -1.02. The lowest BCUT2D eigenvalue weighted by Gasteiger charge is -2.26. The van der Waals surface area contributed by atoms with Gasteiger partial charge < -0.3 is 10.4 Å². The predicted octanol–water partition coefficient (Wildman–Crippen LogP) is 3.31. The zero-order valence-corrected chi connectivity index (χ0v) is 11.0. The fourth-order valence-electron chi connectivity index (χ4n) is 2.57. The predicted molar refractivity (Wildman–Crippen MR) is 72.4 cm³/mol. The molecule has 0 unspecified atom stereocenters. The van der Waals surface area contributed by atoms with Gasteiger partial charge in [-0.05, 0) is 36.3 Å². The summed E-state index contributed by atoms with van der Waals surface area (Å²) in [5.41, 5.74) is 2.62. The van der Waals surface area contributed by atoms with E-state index in [1.54, 1.807) is 0 Å². The molecule has 2 N–H and O–H groups in total. The Morgan fingerprint density at radius 3 is 2.47 bits per heavy atom. The first-order valence-electron chi connectivity index (χ1n) is 6.52. The van der Waals surface area contributed by atoms with Crippen molar-refractivity contribution >= 4 is 5.69 Å². The number of benzene rings is 1. The summed E-state index contributed by atoms with van der Waals surface area (Å²) in [6, 6.07) is 8.64. The van der Waals surface area contributed by atoms with Crippen molar-refractivity contribution in [3.63, 3.8) is 0 Å². The molecule has 2 atom stereocenters. The standard InChI is InChI=1S/C15H23NO/c1-15(2,3)11-7-4-5-8-12(11)16-13-9-6-10-14(13)17/h4-5,7-8,13-14,16-17H,6,9-10H2,1-3H3/t13-,14-/m1/s1. The summed E-state index contributed by atoms with van der Waals surface area (Å²) in [5, 5.41) is 13.4. The average molecular weight is 233 g/mol. The summed E-state index contributed by atoms with van der Waals surface area (Å²) in [6.07, 6.45) is 2.92. The monoisotopic (exact) mass is 233 g/mol. The maximum atomic E-state index is 9.88. The molecule has 0 spiro atoms. The van der Waals surface area contributed by atoms with Crippen molar-refractivity contribution < 1.29 is 5.11 Å². The van der Waals surface area contributed by atoms with Crippen LogP contribution in [0.15, 0.2) is 24.3 Å².